The van der Waals surface area contributed by atoms with Crippen LogP contribution in [0.5, 0.6) is 11.5 Å². The van der Waals surface area contributed by atoms with Crippen LogP contribution in [0.25, 0.3) is 17.5 Å². The summed E-state index contributed by atoms with van der Waals surface area (Å²) in [5, 5.41) is 0.583. The molecule has 8 heteroatoms. The first-order valence-electron chi connectivity index (χ1n) is 11.4. The molecule has 178 valence electrons. The molecule has 0 aliphatic carbocycles. The molecule has 0 radical (unpaired) electrons. The number of nitrogens with zero attached hydrogens (tertiary/aromatic N) is 3. The number of thioether (sulfide) groups is 1. The quantitative estimate of drug-likeness (QED) is 0.314. The van der Waals surface area contributed by atoms with Gasteiger partial charge in [-0.25, -0.2) is 9.98 Å². The number of carbonyl (C=O) groups is 1. The molecule has 7 nitrogen and oxygen atoms in total. The molecule has 1 aromatic heterocycles. The molecule has 0 spiro atoms. The fraction of sp³-hybridized carbons (Fsp3) is 0.107. The van der Waals surface area contributed by atoms with E-state index < -0.39 is 0 Å². The number of carbonyl (C=O) groups excluding carboxylic acids is 1. The minimum absolute atomic E-state index is 0.191. The van der Waals surface area contributed by atoms with Gasteiger partial charge in [-0.2, -0.15) is 0 Å². The van der Waals surface area contributed by atoms with Gasteiger partial charge in [0.1, 0.15) is 12.0 Å². The number of rotatable bonds is 5. The molecule has 4 aromatic rings. The van der Waals surface area contributed by atoms with E-state index in [1.165, 1.54) is 11.8 Å². The number of amides is 1. The molecule has 0 unspecified atom stereocenters. The van der Waals surface area contributed by atoms with Crippen molar-refractivity contribution in [1.82, 2.24) is 4.98 Å². The van der Waals surface area contributed by atoms with E-state index in [1.54, 1.807) is 17.2 Å². The van der Waals surface area contributed by atoms with Crippen molar-refractivity contribution in [2.75, 3.05) is 11.7 Å². The van der Waals surface area contributed by atoms with Crippen molar-refractivity contribution >= 4 is 34.6 Å². The average Bonchev–Trinajstić information content (AvgIpc) is 3.63. The maximum absolute atomic E-state index is 13.5. The Balaban J connectivity index is 1.28. The molecule has 0 fully saturated rings. The molecule has 0 atom stereocenters. The first kappa shape index (κ1) is 22.2. The van der Waals surface area contributed by atoms with Crippen molar-refractivity contribution in [3.63, 3.8) is 0 Å². The lowest BCUT2D eigenvalue weighted by molar-refractivity contribution is -0.113. The number of hydrogen-bond donors (Lipinski definition) is 0. The van der Waals surface area contributed by atoms with Crippen LogP contribution in [-0.2, 0) is 10.5 Å². The van der Waals surface area contributed by atoms with E-state index in [0.717, 1.165) is 28.1 Å². The van der Waals surface area contributed by atoms with Crippen LogP contribution in [0.4, 0.5) is 5.69 Å². The van der Waals surface area contributed by atoms with Crippen LogP contribution in [0.3, 0.4) is 0 Å². The van der Waals surface area contributed by atoms with Crippen LogP contribution in [-0.4, -0.2) is 22.9 Å². The normalized spacial score (nSPS) is 15.6. The largest absolute Gasteiger partial charge is 0.454 e. The van der Waals surface area contributed by atoms with Crippen molar-refractivity contribution < 1.29 is 18.7 Å². The zero-order valence-corrected chi connectivity index (χ0v) is 20.2. The fourth-order valence-electron chi connectivity index (χ4n) is 3.90. The third-order valence-electron chi connectivity index (χ3n) is 5.74. The molecule has 3 aromatic carbocycles. The van der Waals surface area contributed by atoms with Crippen molar-refractivity contribution in [2.45, 2.75) is 12.7 Å². The van der Waals surface area contributed by atoms with Crippen LogP contribution >= 0.6 is 11.8 Å². The van der Waals surface area contributed by atoms with Crippen molar-refractivity contribution in [3.8, 4) is 23.0 Å². The van der Waals surface area contributed by atoms with Gasteiger partial charge in [-0.15, -0.1) is 0 Å². The molecule has 3 heterocycles. The van der Waals surface area contributed by atoms with E-state index in [9.17, 15) is 4.79 Å². The van der Waals surface area contributed by atoms with Gasteiger partial charge in [-0.3, -0.25) is 9.69 Å². The van der Waals surface area contributed by atoms with Crippen LogP contribution in [0.1, 0.15) is 16.8 Å². The van der Waals surface area contributed by atoms with Gasteiger partial charge in [0, 0.05) is 11.3 Å². The Morgan fingerprint density at radius 3 is 2.64 bits per heavy atom. The summed E-state index contributed by atoms with van der Waals surface area (Å²) < 4.78 is 16.5. The number of fused-ring (bicyclic) bond motifs is 1. The van der Waals surface area contributed by atoms with Gasteiger partial charge in [0.2, 0.25) is 12.7 Å². The maximum Gasteiger partial charge on any atom is 0.283 e. The van der Waals surface area contributed by atoms with E-state index >= 15 is 0 Å². The Morgan fingerprint density at radius 1 is 1.00 bits per heavy atom. The van der Waals surface area contributed by atoms with Gasteiger partial charge in [-0.05, 0) is 55.0 Å². The van der Waals surface area contributed by atoms with Gasteiger partial charge in [0.15, 0.2) is 16.7 Å². The summed E-state index contributed by atoms with van der Waals surface area (Å²) in [5.41, 5.74) is 4.72. The van der Waals surface area contributed by atoms with Crippen LogP contribution in [0.2, 0.25) is 0 Å². The summed E-state index contributed by atoms with van der Waals surface area (Å²) in [5.74, 6) is 2.23. The molecule has 36 heavy (non-hydrogen) atoms. The first-order valence-corrected chi connectivity index (χ1v) is 12.4. The lowest BCUT2D eigenvalue weighted by Gasteiger charge is -2.17. The minimum atomic E-state index is -0.191. The van der Waals surface area contributed by atoms with Gasteiger partial charge < -0.3 is 13.9 Å². The van der Waals surface area contributed by atoms with E-state index in [4.69, 9.17) is 18.9 Å². The lowest BCUT2D eigenvalue weighted by Crippen LogP contribution is -2.30. The zero-order chi connectivity index (χ0) is 24.5. The average molecular weight is 496 g/mol. The Kier molecular flexibility index (Phi) is 5.79. The lowest BCUT2D eigenvalue weighted by atomic mass is 10.1. The SMILES string of the molecule is Cc1ccc(N2C(=O)/C(=C\c3ccc4c(c3)OCO4)N=C2SCc2coc(-c3ccccc3)n2)cc1. The number of amidine groups is 1. The number of aromatic nitrogens is 1. The summed E-state index contributed by atoms with van der Waals surface area (Å²) in [6, 6.07) is 23.1. The number of ether oxygens (including phenoxy) is 2. The Hall–Kier alpha value is -4.30. The molecule has 2 aliphatic rings. The summed E-state index contributed by atoms with van der Waals surface area (Å²) in [6.45, 7) is 2.21. The second kappa shape index (κ2) is 9.39. The molecule has 0 N–H and O–H groups in total. The van der Waals surface area contributed by atoms with E-state index in [0.29, 0.717) is 34.0 Å². The molecular formula is C28H21N3O4S. The van der Waals surface area contributed by atoms with E-state index in [1.807, 2.05) is 79.7 Å². The highest BCUT2D eigenvalue weighted by Gasteiger charge is 2.32. The maximum atomic E-state index is 13.5. The molecule has 0 saturated heterocycles. The molecule has 2 aliphatic heterocycles. The Labute approximate surface area is 212 Å². The molecule has 0 bridgehead atoms. The highest BCUT2D eigenvalue weighted by molar-refractivity contribution is 8.13. The number of hydrogen-bond acceptors (Lipinski definition) is 7. The Bertz CT molecular complexity index is 1490. The third kappa shape index (κ3) is 4.38. The van der Waals surface area contributed by atoms with E-state index in [-0.39, 0.29) is 12.7 Å². The number of anilines is 1. The van der Waals surface area contributed by atoms with Crippen LogP contribution in [0, 0.1) is 6.92 Å². The number of oxazole rings is 1. The predicted octanol–water partition coefficient (Wildman–Crippen LogP) is 6.06. The first-order chi connectivity index (χ1) is 17.6. The topological polar surface area (TPSA) is 77.2 Å². The predicted molar refractivity (Wildman–Crippen MR) is 140 cm³/mol. The Morgan fingerprint density at radius 2 is 1.81 bits per heavy atom. The fourth-order valence-corrected chi connectivity index (χ4v) is 4.79. The summed E-state index contributed by atoms with van der Waals surface area (Å²) >= 11 is 1.44. The van der Waals surface area contributed by atoms with E-state index in [2.05, 4.69) is 4.98 Å². The van der Waals surface area contributed by atoms with Crippen molar-refractivity contribution in [3.05, 3.63) is 102 Å². The molecule has 6 rings (SSSR count). The van der Waals surface area contributed by atoms with Gasteiger partial charge in [-0.1, -0.05) is 53.7 Å². The number of aryl methyl sites for hydroxylation is 1. The third-order valence-corrected chi connectivity index (χ3v) is 6.72. The van der Waals surface area contributed by atoms with Gasteiger partial charge in [0.25, 0.3) is 5.91 Å². The van der Waals surface area contributed by atoms with Crippen molar-refractivity contribution in [1.29, 1.82) is 0 Å². The summed E-state index contributed by atoms with van der Waals surface area (Å²) in [4.78, 5) is 24.4. The standard InChI is InChI=1S/C28H21N3O4S/c1-18-7-10-22(11-8-18)31-27(32)23(13-19-9-12-24-25(14-19)35-17-34-24)30-28(31)36-16-21-15-33-26(29-21)20-5-3-2-4-6-20/h2-15H,16-17H2,1H3/b23-13+. The van der Waals surface area contributed by atoms with Crippen LogP contribution < -0.4 is 14.4 Å². The van der Waals surface area contributed by atoms with Gasteiger partial charge >= 0.3 is 0 Å². The second-order valence-electron chi connectivity index (χ2n) is 8.31. The molecule has 0 saturated carbocycles. The smallest absolute Gasteiger partial charge is 0.283 e. The number of benzene rings is 3. The van der Waals surface area contributed by atoms with Crippen LogP contribution in [0.15, 0.2) is 94.2 Å². The van der Waals surface area contributed by atoms with Gasteiger partial charge in [0.05, 0.1) is 11.4 Å². The molecular weight excluding hydrogens is 474 g/mol. The monoisotopic (exact) mass is 495 g/mol. The zero-order valence-electron chi connectivity index (χ0n) is 19.4. The highest BCUT2D eigenvalue weighted by Crippen LogP contribution is 2.35. The second-order valence-corrected chi connectivity index (χ2v) is 9.25. The minimum Gasteiger partial charge on any atom is -0.454 e. The highest BCUT2D eigenvalue weighted by atomic mass is 32.2. The van der Waals surface area contributed by atoms with Crippen molar-refractivity contribution in [2.24, 2.45) is 4.99 Å². The summed E-state index contributed by atoms with van der Waals surface area (Å²) in [7, 11) is 0. The molecule has 1 amide bonds. The number of aliphatic imine (C=N–C) groups is 1. The summed E-state index contributed by atoms with van der Waals surface area (Å²) in [6.07, 6.45) is 3.41.